The van der Waals surface area contributed by atoms with Gasteiger partial charge in [-0.15, -0.1) is 0 Å². The molecule has 0 aliphatic heterocycles. The SMILES string of the molecule is CCN(CCCO)Cc1ccc(CO)cc1. The van der Waals surface area contributed by atoms with Crippen LogP contribution >= 0.6 is 0 Å². The van der Waals surface area contributed by atoms with Gasteiger partial charge in [-0.1, -0.05) is 31.2 Å². The third-order valence-electron chi connectivity index (χ3n) is 2.69. The molecule has 0 bridgehead atoms. The molecule has 0 radical (unpaired) electrons. The Morgan fingerprint density at radius 1 is 1.06 bits per heavy atom. The van der Waals surface area contributed by atoms with Crippen molar-refractivity contribution in [3.05, 3.63) is 35.4 Å². The van der Waals surface area contributed by atoms with Gasteiger partial charge in [0.05, 0.1) is 6.61 Å². The molecular weight excluding hydrogens is 202 g/mol. The zero-order valence-corrected chi connectivity index (χ0v) is 9.89. The van der Waals surface area contributed by atoms with Crippen LogP contribution in [-0.4, -0.2) is 34.8 Å². The smallest absolute Gasteiger partial charge is 0.0681 e. The maximum atomic E-state index is 8.93. The van der Waals surface area contributed by atoms with Gasteiger partial charge in [-0.3, -0.25) is 4.90 Å². The van der Waals surface area contributed by atoms with Gasteiger partial charge in [0, 0.05) is 19.7 Å². The summed E-state index contributed by atoms with van der Waals surface area (Å²) in [6.45, 7) is 5.29. The number of benzene rings is 1. The van der Waals surface area contributed by atoms with Crippen LogP contribution < -0.4 is 0 Å². The number of aliphatic hydroxyl groups is 2. The van der Waals surface area contributed by atoms with Crippen LogP contribution in [0.3, 0.4) is 0 Å². The van der Waals surface area contributed by atoms with Crippen LogP contribution in [0.1, 0.15) is 24.5 Å². The number of hydrogen-bond donors (Lipinski definition) is 2. The Balaban J connectivity index is 2.49. The Hall–Kier alpha value is -0.900. The van der Waals surface area contributed by atoms with Crippen molar-refractivity contribution in [1.82, 2.24) is 4.90 Å². The minimum atomic E-state index is 0.0995. The van der Waals surface area contributed by atoms with E-state index in [2.05, 4.69) is 11.8 Å². The molecule has 0 aliphatic rings. The minimum absolute atomic E-state index is 0.0995. The first-order valence-electron chi connectivity index (χ1n) is 5.82. The van der Waals surface area contributed by atoms with Crippen LogP contribution in [0.15, 0.2) is 24.3 Å². The summed E-state index contributed by atoms with van der Waals surface area (Å²) in [6, 6.07) is 8.00. The third-order valence-corrected chi connectivity index (χ3v) is 2.69. The first-order chi connectivity index (χ1) is 7.80. The quantitative estimate of drug-likeness (QED) is 0.734. The van der Waals surface area contributed by atoms with Crippen molar-refractivity contribution in [2.45, 2.75) is 26.5 Å². The van der Waals surface area contributed by atoms with E-state index in [1.54, 1.807) is 0 Å². The predicted molar refractivity (Wildman–Crippen MR) is 65.0 cm³/mol. The van der Waals surface area contributed by atoms with E-state index in [4.69, 9.17) is 10.2 Å². The fraction of sp³-hybridized carbons (Fsp3) is 0.538. The molecule has 3 nitrogen and oxygen atoms in total. The summed E-state index contributed by atoms with van der Waals surface area (Å²) in [5.74, 6) is 0. The maximum Gasteiger partial charge on any atom is 0.0681 e. The molecule has 0 amide bonds. The van der Waals surface area contributed by atoms with E-state index in [1.807, 2.05) is 24.3 Å². The van der Waals surface area contributed by atoms with Crippen molar-refractivity contribution in [2.24, 2.45) is 0 Å². The molecule has 0 saturated heterocycles. The molecule has 1 rings (SSSR count). The molecule has 0 heterocycles. The fourth-order valence-corrected chi connectivity index (χ4v) is 1.65. The summed E-state index contributed by atoms with van der Waals surface area (Å²) in [7, 11) is 0. The van der Waals surface area contributed by atoms with Crippen molar-refractivity contribution < 1.29 is 10.2 Å². The Bertz CT molecular complexity index is 284. The van der Waals surface area contributed by atoms with E-state index in [0.717, 1.165) is 31.6 Å². The molecule has 0 unspecified atom stereocenters. The van der Waals surface area contributed by atoms with Gasteiger partial charge in [0.15, 0.2) is 0 Å². The van der Waals surface area contributed by atoms with Crippen LogP contribution in [0.25, 0.3) is 0 Å². The lowest BCUT2D eigenvalue weighted by atomic mass is 10.1. The number of rotatable bonds is 7. The summed E-state index contributed by atoms with van der Waals surface area (Å²) < 4.78 is 0. The highest BCUT2D eigenvalue weighted by Crippen LogP contribution is 2.07. The van der Waals surface area contributed by atoms with Crippen molar-refractivity contribution >= 4 is 0 Å². The number of aliphatic hydroxyl groups excluding tert-OH is 2. The van der Waals surface area contributed by atoms with E-state index >= 15 is 0 Å². The molecule has 0 aliphatic carbocycles. The zero-order valence-electron chi connectivity index (χ0n) is 9.89. The van der Waals surface area contributed by atoms with Gasteiger partial charge in [0.2, 0.25) is 0 Å². The third kappa shape index (κ3) is 4.31. The maximum absolute atomic E-state index is 8.93. The second-order valence-corrected chi connectivity index (χ2v) is 3.92. The zero-order chi connectivity index (χ0) is 11.8. The van der Waals surface area contributed by atoms with Crippen LogP contribution in [0.4, 0.5) is 0 Å². The normalized spacial score (nSPS) is 11.0. The van der Waals surface area contributed by atoms with E-state index in [-0.39, 0.29) is 13.2 Å². The molecule has 0 atom stereocenters. The first-order valence-corrected chi connectivity index (χ1v) is 5.82. The molecule has 16 heavy (non-hydrogen) atoms. The summed E-state index contributed by atoms with van der Waals surface area (Å²) in [5, 5.41) is 17.7. The molecule has 90 valence electrons. The lowest BCUT2D eigenvalue weighted by Crippen LogP contribution is -2.24. The Kier molecular flexibility index (Phi) is 6.08. The van der Waals surface area contributed by atoms with Crippen molar-refractivity contribution in [1.29, 1.82) is 0 Å². The summed E-state index contributed by atoms with van der Waals surface area (Å²) >= 11 is 0. The van der Waals surface area contributed by atoms with E-state index in [0.29, 0.717) is 0 Å². The standard InChI is InChI=1S/C13H21NO2/c1-2-14(8-3-9-15)10-12-4-6-13(11-16)7-5-12/h4-7,15-16H,2-3,8-11H2,1H3. The topological polar surface area (TPSA) is 43.7 Å². The molecule has 2 N–H and O–H groups in total. The fourth-order valence-electron chi connectivity index (χ4n) is 1.65. The largest absolute Gasteiger partial charge is 0.396 e. The molecule has 3 heteroatoms. The van der Waals surface area contributed by atoms with Crippen LogP contribution in [0.2, 0.25) is 0 Å². The van der Waals surface area contributed by atoms with Crippen LogP contribution in [-0.2, 0) is 13.2 Å². The van der Waals surface area contributed by atoms with Gasteiger partial charge >= 0.3 is 0 Å². The lowest BCUT2D eigenvalue weighted by molar-refractivity contribution is 0.225. The molecule has 1 aromatic rings. The van der Waals surface area contributed by atoms with E-state index in [9.17, 15) is 0 Å². The summed E-state index contributed by atoms with van der Waals surface area (Å²) in [4.78, 5) is 2.30. The van der Waals surface area contributed by atoms with Crippen molar-refractivity contribution in [2.75, 3.05) is 19.7 Å². The van der Waals surface area contributed by atoms with E-state index in [1.165, 1.54) is 5.56 Å². The van der Waals surface area contributed by atoms with Gasteiger partial charge in [0.25, 0.3) is 0 Å². The minimum Gasteiger partial charge on any atom is -0.396 e. The van der Waals surface area contributed by atoms with Gasteiger partial charge in [-0.05, 0) is 24.1 Å². The Morgan fingerprint density at radius 3 is 2.19 bits per heavy atom. The summed E-state index contributed by atoms with van der Waals surface area (Å²) in [6.07, 6.45) is 0.822. The molecule has 0 spiro atoms. The molecule has 0 aromatic heterocycles. The van der Waals surface area contributed by atoms with Crippen LogP contribution in [0.5, 0.6) is 0 Å². The monoisotopic (exact) mass is 223 g/mol. The molecule has 0 fully saturated rings. The summed E-state index contributed by atoms with van der Waals surface area (Å²) in [5.41, 5.74) is 2.19. The van der Waals surface area contributed by atoms with Gasteiger partial charge in [-0.2, -0.15) is 0 Å². The van der Waals surface area contributed by atoms with Crippen LogP contribution in [0, 0.1) is 0 Å². The average Bonchev–Trinajstić information content (AvgIpc) is 2.35. The molecular formula is C13H21NO2. The van der Waals surface area contributed by atoms with Gasteiger partial charge < -0.3 is 10.2 Å². The van der Waals surface area contributed by atoms with Gasteiger partial charge in [0.1, 0.15) is 0 Å². The van der Waals surface area contributed by atoms with Gasteiger partial charge in [-0.25, -0.2) is 0 Å². The predicted octanol–water partition coefficient (Wildman–Crippen LogP) is 1.38. The highest BCUT2D eigenvalue weighted by Gasteiger charge is 2.03. The number of hydrogen-bond acceptors (Lipinski definition) is 3. The number of nitrogens with zero attached hydrogens (tertiary/aromatic N) is 1. The Morgan fingerprint density at radius 2 is 1.69 bits per heavy atom. The highest BCUT2D eigenvalue weighted by molar-refractivity contribution is 5.21. The first kappa shape index (κ1) is 13.2. The van der Waals surface area contributed by atoms with Crippen molar-refractivity contribution in [3.63, 3.8) is 0 Å². The molecule has 0 saturated carbocycles. The van der Waals surface area contributed by atoms with Crippen molar-refractivity contribution in [3.8, 4) is 0 Å². The molecule has 1 aromatic carbocycles. The Labute approximate surface area is 97.3 Å². The lowest BCUT2D eigenvalue weighted by Gasteiger charge is -2.19. The highest BCUT2D eigenvalue weighted by atomic mass is 16.3. The average molecular weight is 223 g/mol. The second-order valence-electron chi connectivity index (χ2n) is 3.92. The second kappa shape index (κ2) is 7.39. The van der Waals surface area contributed by atoms with E-state index < -0.39 is 0 Å².